The first kappa shape index (κ1) is 13.0. The largest absolute Gasteiger partial charge is 0.349 e. The van der Waals surface area contributed by atoms with Gasteiger partial charge in [0.05, 0.1) is 16.5 Å². The summed E-state index contributed by atoms with van der Waals surface area (Å²) in [6.45, 7) is 4.78. The molecule has 0 radical (unpaired) electrons. The van der Waals surface area contributed by atoms with Crippen LogP contribution >= 0.6 is 0 Å². The Labute approximate surface area is 117 Å². The highest BCUT2D eigenvalue weighted by atomic mass is 16.2. The molecular formula is C15H19N3O2. The average molecular weight is 273 g/mol. The summed E-state index contributed by atoms with van der Waals surface area (Å²) in [6.07, 6.45) is 4.63. The lowest BCUT2D eigenvalue weighted by atomic mass is 10.0. The molecule has 20 heavy (non-hydrogen) atoms. The first-order valence-corrected chi connectivity index (χ1v) is 6.88. The molecule has 2 aromatic heterocycles. The lowest BCUT2D eigenvalue weighted by Crippen LogP contribution is -2.49. The van der Waals surface area contributed by atoms with Crippen molar-refractivity contribution < 1.29 is 4.79 Å². The zero-order valence-corrected chi connectivity index (χ0v) is 12.3. The zero-order chi connectivity index (χ0) is 14.6. The van der Waals surface area contributed by atoms with Crippen molar-refractivity contribution in [3.8, 4) is 0 Å². The molecule has 0 aliphatic carbocycles. The standard InChI is InChI=1S/C15H19N3O2/c1-9-7-17(4)15(20)12-11(8-16(3)13(9)12)14(19)18-6-5-10(18)2/h7-8,10H,5-6H2,1-4H3. The van der Waals surface area contributed by atoms with Crippen molar-refractivity contribution in [2.24, 2.45) is 14.1 Å². The molecule has 1 fully saturated rings. The lowest BCUT2D eigenvalue weighted by molar-refractivity contribution is 0.0504. The number of carbonyl (C=O) groups is 1. The summed E-state index contributed by atoms with van der Waals surface area (Å²) in [5.74, 6) is -0.0305. The number of rotatable bonds is 1. The van der Waals surface area contributed by atoms with Crippen molar-refractivity contribution in [3.05, 3.63) is 33.9 Å². The van der Waals surface area contributed by atoms with Gasteiger partial charge in [0.15, 0.2) is 0 Å². The Kier molecular flexibility index (Phi) is 2.74. The molecule has 5 nitrogen and oxygen atoms in total. The normalized spacial score (nSPS) is 18.4. The maximum absolute atomic E-state index is 12.6. The molecule has 0 aromatic carbocycles. The van der Waals surface area contributed by atoms with Gasteiger partial charge in [0.1, 0.15) is 0 Å². The Morgan fingerprint density at radius 1 is 1.25 bits per heavy atom. The van der Waals surface area contributed by atoms with Gasteiger partial charge in [0.25, 0.3) is 11.5 Å². The Hall–Kier alpha value is -2.04. The summed E-state index contributed by atoms with van der Waals surface area (Å²) in [7, 11) is 3.60. The van der Waals surface area contributed by atoms with E-state index in [9.17, 15) is 9.59 Å². The number of amides is 1. The first-order valence-electron chi connectivity index (χ1n) is 6.88. The summed E-state index contributed by atoms with van der Waals surface area (Å²) in [6, 6.07) is 0.270. The maximum atomic E-state index is 12.6. The van der Waals surface area contributed by atoms with E-state index in [1.807, 2.05) is 36.6 Å². The van der Waals surface area contributed by atoms with Crippen LogP contribution in [0.4, 0.5) is 0 Å². The van der Waals surface area contributed by atoms with Crippen molar-refractivity contribution in [1.29, 1.82) is 0 Å². The van der Waals surface area contributed by atoms with Gasteiger partial charge in [0.2, 0.25) is 0 Å². The van der Waals surface area contributed by atoms with Gasteiger partial charge in [-0.1, -0.05) is 0 Å². The summed E-state index contributed by atoms with van der Waals surface area (Å²) in [5.41, 5.74) is 2.27. The molecule has 1 aliphatic heterocycles. The number of carbonyl (C=O) groups excluding carboxylic acids is 1. The third kappa shape index (κ3) is 1.62. The van der Waals surface area contributed by atoms with Crippen LogP contribution in [0, 0.1) is 6.92 Å². The second-order valence-corrected chi connectivity index (χ2v) is 5.74. The Bertz CT molecular complexity index is 769. The summed E-state index contributed by atoms with van der Waals surface area (Å²) in [5, 5.41) is 0.541. The van der Waals surface area contributed by atoms with Crippen LogP contribution in [-0.2, 0) is 14.1 Å². The van der Waals surface area contributed by atoms with E-state index in [0.717, 1.165) is 24.0 Å². The Balaban J connectivity index is 2.27. The van der Waals surface area contributed by atoms with Crippen molar-refractivity contribution in [2.45, 2.75) is 26.3 Å². The number of aryl methyl sites for hydroxylation is 3. The van der Waals surface area contributed by atoms with Gasteiger partial charge in [-0.3, -0.25) is 9.59 Å². The molecule has 2 aromatic rings. The summed E-state index contributed by atoms with van der Waals surface area (Å²) < 4.78 is 3.43. The number of nitrogens with zero attached hydrogens (tertiary/aromatic N) is 3. The Morgan fingerprint density at radius 3 is 2.50 bits per heavy atom. The highest BCUT2D eigenvalue weighted by Crippen LogP contribution is 2.25. The number of likely N-dealkylation sites (tertiary alicyclic amines) is 1. The van der Waals surface area contributed by atoms with Gasteiger partial charge in [-0.2, -0.15) is 0 Å². The molecule has 1 amide bonds. The fraction of sp³-hybridized carbons (Fsp3) is 0.467. The van der Waals surface area contributed by atoms with E-state index in [1.54, 1.807) is 17.8 Å². The minimum absolute atomic E-state index is 0.0305. The fourth-order valence-electron chi connectivity index (χ4n) is 3.04. The molecule has 1 aliphatic rings. The number of fused-ring (bicyclic) bond motifs is 1. The highest BCUT2D eigenvalue weighted by Gasteiger charge is 2.31. The topological polar surface area (TPSA) is 47.2 Å². The van der Waals surface area contributed by atoms with Gasteiger partial charge >= 0.3 is 0 Å². The van der Waals surface area contributed by atoms with Crippen LogP contribution in [0.5, 0.6) is 0 Å². The van der Waals surface area contributed by atoms with E-state index in [-0.39, 0.29) is 17.5 Å². The second kappa shape index (κ2) is 4.23. The Morgan fingerprint density at radius 2 is 1.95 bits per heavy atom. The molecule has 5 heteroatoms. The smallest absolute Gasteiger partial charge is 0.260 e. The van der Waals surface area contributed by atoms with Crippen LogP contribution in [-0.4, -0.2) is 32.5 Å². The quantitative estimate of drug-likeness (QED) is 0.789. The van der Waals surface area contributed by atoms with Crippen molar-refractivity contribution >= 4 is 16.8 Å². The van der Waals surface area contributed by atoms with E-state index >= 15 is 0 Å². The van der Waals surface area contributed by atoms with Crippen molar-refractivity contribution in [2.75, 3.05) is 6.54 Å². The van der Waals surface area contributed by atoms with Gasteiger partial charge in [-0.25, -0.2) is 0 Å². The zero-order valence-electron chi connectivity index (χ0n) is 12.3. The molecule has 3 rings (SSSR count). The van der Waals surface area contributed by atoms with Gasteiger partial charge in [-0.15, -0.1) is 0 Å². The van der Waals surface area contributed by atoms with Crippen LogP contribution < -0.4 is 5.56 Å². The molecule has 1 atom stereocenters. The van der Waals surface area contributed by atoms with E-state index in [2.05, 4.69) is 0 Å². The molecule has 0 bridgehead atoms. The molecule has 0 N–H and O–H groups in total. The highest BCUT2D eigenvalue weighted by molar-refractivity contribution is 6.07. The SMILES string of the molecule is Cc1cn(C)c(=O)c2c(C(=O)N3CCC3C)cn(C)c12. The summed E-state index contributed by atoms with van der Waals surface area (Å²) in [4.78, 5) is 26.8. The van der Waals surface area contributed by atoms with Gasteiger partial charge in [-0.05, 0) is 25.8 Å². The fourth-order valence-corrected chi connectivity index (χ4v) is 3.04. The molecule has 3 heterocycles. The number of pyridine rings is 1. The van der Waals surface area contributed by atoms with Gasteiger partial charge in [0, 0.05) is 39.1 Å². The van der Waals surface area contributed by atoms with E-state index in [4.69, 9.17) is 0 Å². The minimum Gasteiger partial charge on any atom is -0.349 e. The maximum Gasteiger partial charge on any atom is 0.260 e. The van der Waals surface area contributed by atoms with E-state index in [1.165, 1.54) is 0 Å². The first-order chi connectivity index (χ1) is 9.41. The molecule has 106 valence electrons. The molecule has 1 saturated heterocycles. The third-order valence-electron chi connectivity index (χ3n) is 4.29. The number of hydrogen-bond donors (Lipinski definition) is 0. The molecule has 0 saturated carbocycles. The third-order valence-corrected chi connectivity index (χ3v) is 4.29. The van der Waals surface area contributed by atoms with Crippen LogP contribution in [0.2, 0.25) is 0 Å². The van der Waals surface area contributed by atoms with Crippen LogP contribution in [0.25, 0.3) is 10.9 Å². The summed E-state index contributed by atoms with van der Waals surface area (Å²) >= 11 is 0. The monoisotopic (exact) mass is 273 g/mol. The number of hydrogen-bond acceptors (Lipinski definition) is 2. The molecule has 1 unspecified atom stereocenters. The van der Waals surface area contributed by atoms with Crippen molar-refractivity contribution in [1.82, 2.24) is 14.0 Å². The van der Waals surface area contributed by atoms with Crippen molar-refractivity contribution in [3.63, 3.8) is 0 Å². The van der Waals surface area contributed by atoms with Crippen LogP contribution in [0.3, 0.4) is 0 Å². The van der Waals surface area contributed by atoms with Crippen LogP contribution in [0.1, 0.15) is 29.3 Å². The lowest BCUT2D eigenvalue weighted by Gasteiger charge is -2.38. The molecular weight excluding hydrogens is 254 g/mol. The average Bonchev–Trinajstić information content (AvgIpc) is 2.72. The predicted octanol–water partition coefficient (Wildman–Crippen LogP) is 1.42. The van der Waals surface area contributed by atoms with E-state index < -0.39 is 0 Å². The molecule has 0 spiro atoms. The minimum atomic E-state index is -0.109. The van der Waals surface area contributed by atoms with Crippen LogP contribution in [0.15, 0.2) is 17.2 Å². The van der Waals surface area contributed by atoms with E-state index in [0.29, 0.717) is 10.9 Å². The number of aromatic nitrogens is 2. The van der Waals surface area contributed by atoms with Gasteiger partial charge < -0.3 is 14.0 Å². The predicted molar refractivity (Wildman–Crippen MR) is 78.0 cm³/mol. The second-order valence-electron chi connectivity index (χ2n) is 5.74.